The van der Waals surface area contributed by atoms with Crippen molar-refractivity contribution in [2.45, 2.75) is 17.9 Å². The minimum absolute atomic E-state index is 0.00444. The standard InChI is InChI=1S/C18H18N4O3S/c1-11-7-8-12-13(10-20-14(12)9-11)17(18(23)19-2)21-26-16-6-4-3-5-15(16)22(24)25/h3-10,17,20-21H,1-2H3,(H,19,23)/t17-/m1/s1. The van der Waals surface area contributed by atoms with E-state index in [1.165, 1.54) is 6.07 Å². The third-order valence-electron chi connectivity index (χ3n) is 4.04. The Labute approximate surface area is 154 Å². The summed E-state index contributed by atoms with van der Waals surface area (Å²) in [6.07, 6.45) is 1.79. The Hall–Kier alpha value is -2.84. The van der Waals surface area contributed by atoms with Gasteiger partial charge in [-0.25, -0.2) is 4.72 Å². The molecule has 3 aromatic rings. The van der Waals surface area contributed by atoms with Crippen LogP contribution in [-0.4, -0.2) is 22.9 Å². The monoisotopic (exact) mass is 370 g/mol. The summed E-state index contributed by atoms with van der Waals surface area (Å²) < 4.78 is 3.07. The summed E-state index contributed by atoms with van der Waals surface area (Å²) >= 11 is 1.07. The highest BCUT2D eigenvalue weighted by molar-refractivity contribution is 7.97. The Morgan fingerprint density at radius 1 is 1.27 bits per heavy atom. The van der Waals surface area contributed by atoms with Gasteiger partial charge in [0.1, 0.15) is 10.9 Å². The number of carbonyl (C=O) groups excluding carboxylic acids is 1. The second-order valence-corrected chi connectivity index (χ2v) is 6.66. The highest BCUT2D eigenvalue weighted by atomic mass is 32.2. The number of amides is 1. The van der Waals surface area contributed by atoms with Crippen LogP contribution in [0.15, 0.2) is 53.6 Å². The number of aryl methyl sites for hydroxylation is 1. The van der Waals surface area contributed by atoms with Gasteiger partial charge in [0.25, 0.3) is 5.69 Å². The molecule has 0 radical (unpaired) electrons. The van der Waals surface area contributed by atoms with Gasteiger partial charge in [-0.05, 0) is 36.6 Å². The molecular formula is C18H18N4O3S. The quantitative estimate of drug-likeness (QED) is 0.350. The Balaban J connectivity index is 1.92. The fraction of sp³-hybridized carbons (Fsp3) is 0.167. The topological polar surface area (TPSA) is 100 Å². The van der Waals surface area contributed by atoms with Crippen LogP contribution in [0.4, 0.5) is 5.69 Å². The lowest BCUT2D eigenvalue weighted by molar-refractivity contribution is -0.387. The molecular weight excluding hydrogens is 352 g/mol. The molecule has 3 rings (SSSR count). The molecule has 0 spiro atoms. The fourth-order valence-corrected chi connectivity index (χ4v) is 3.59. The van der Waals surface area contributed by atoms with E-state index in [9.17, 15) is 14.9 Å². The summed E-state index contributed by atoms with van der Waals surface area (Å²) in [4.78, 5) is 26.8. The largest absolute Gasteiger partial charge is 0.361 e. The summed E-state index contributed by atoms with van der Waals surface area (Å²) in [7, 11) is 1.56. The van der Waals surface area contributed by atoms with E-state index in [0.717, 1.165) is 34.0 Å². The van der Waals surface area contributed by atoms with E-state index in [1.807, 2.05) is 25.1 Å². The van der Waals surface area contributed by atoms with E-state index in [0.29, 0.717) is 4.90 Å². The van der Waals surface area contributed by atoms with Crippen molar-refractivity contribution in [3.05, 3.63) is 69.9 Å². The Bertz CT molecular complexity index is 970. The van der Waals surface area contributed by atoms with Gasteiger partial charge in [-0.3, -0.25) is 14.9 Å². The van der Waals surface area contributed by atoms with Crippen LogP contribution in [0.1, 0.15) is 17.2 Å². The SMILES string of the molecule is CNC(=O)[C@H](NSc1ccccc1[N+](=O)[O-])c1c[nH]c2cc(C)ccc12. The van der Waals surface area contributed by atoms with Crippen LogP contribution in [0.2, 0.25) is 0 Å². The first-order valence-electron chi connectivity index (χ1n) is 7.96. The predicted octanol–water partition coefficient (Wildman–Crippen LogP) is 3.47. The summed E-state index contributed by atoms with van der Waals surface area (Å²) in [5.74, 6) is -0.224. The van der Waals surface area contributed by atoms with Gasteiger partial charge in [0, 0.05) is 35.8 Å². The maximum Gasteiger partial charge on any atom is 0.284 e. The van der Waals surface area contributed by atoms with E-state index in [4.69, 9.17) is 0 Å². The molecule has 0 fully saturated rings. The van der Waals surface area contributed by atoms with E-state index in [1.54, 1.807) is 31.4 Å². The number of likely N-dealkylation sites (N-methyl/N-ethyl adjacent to an activating group) is 1. The van der Waals surface area contributed by atoms with Crippen LogP contribution in [0.3, 0.4) is 0 Å². The molecule has 0 aliphatic carbocycles. The molecule has 3 N–H and O–H groups in total. The average molecular weight is 370 g/mol. The molecule has 0 aliphatic heterocycles. The lowest BCUT2D eigenvalue weighted by Gasteiger charge is -2.16. The number of nitrogens with zero attached hydrogens (tertiary/aromatic N) is 1. The van der Waals surface area contributed by atoms with Crippen molar-refractivity contribution in [3.8, 4) is 0 Å². The predicted molar refractivity (Wildman–Crippen MR) is 102 cm³/mol. The molecule has 134 valence electrons. The van der Waals surface area contributed by atoms with Crippen molar-refractivity contribution < 1.29 is 9.72 Å². The number of hydrogen-bond donors (Lipinski definition) is 3. The third-order valence-corrected chi connectivity index (χ3v) is 4.96. The number of benzene rings is 2. The van der Waals surface area contributed by atoms with Crippen molar-refractivity contribution in [3.63, 3.8) is 0 Å². The van der Waals surface area contributed by atoms with Gasteiger partial charge in [0.15, 0.2) is 0 Å². The van der Waals surface area contributed by atoms with Crippen molar-refractivity contribution >= 4 is 34.4 Å². The number of H-pyrrole nitrogens is 1. The lowest BCUT2D eigenvalue weighted by Crippen LogP contribution is -2.32. The third kappa shape index (κ3) is 3.56. The Morgan fingerprint density at radius 2 is 2.04 bits per heavy atom. The number of nitro groups is 1. The van der Waals surface area contributed by atoms with Gasteiger partial charge in [-0.1, -0.05) is 24.3 Å². The van der Waals surface area contributed by atoms with Gasteiger partial charge in [0.2, 0.25) is 5.91 Å². The van der Waals surface area contributed by atoms with Crippen LogP contribution in [0.5, 0.6) is 0 Å². The van der Waals surface area contributed by atoms with Crippen molar-refractivity contribution in [1.29, 1.82) is 0 Å². The minimum atomic E-state index is -0.665. The highest BCUT2D eigenvalue weighted by Crippen LogP contribution is 2.31. The molecule has 26 heavy (non-hydrogen) atoms. The maximum absolute atomic E-state index is 12.4. The van der Waals surface area contributed by atoms with Crippen molar-refractivity contribution in [1.82, 2.24) is 15.0 Å². The van der Waals surface area contributed by atoms with Crippen molar-refractivity contribution in [2.24, 2.45) is 0 Å². The van der Waals surface area contributed by atoms with E-state index in [2.05, 4.69) is 15.0 Å². The van der Waals surface area contributed by atoms with Gasteiger partial charge >= 0.3 is 0 Å². The molecule has 1 amide bonds. The summed E-state index contributed by atoms with van der Waals surface area (Å²) in [6, 6.07) is 11.7. The van der Waals surface area contributed by atoms with Crippen LogP contribution in [0.25, 0.3) is 10.9 Å². The first-order chi connectivity index (χ1) is 12.5. The van der Waals surface area contributed by atoms with Gasteiger partial charge in [0.05, 0.1) is 4.92 Å². The van der Waals surface area contributed by atoms with E-state index < -0.39 is 11.0 Å². The highest BCUT2D eigenvalue weighted by Gasteiger charge is 2.24. The molecule has 0 bridgehead atoms. The number of aromatic nitrogens is 1. The zero-order chi connectivity index (χ0) is 18.7. The number of fused-ring (bicyclic) bond motifs is 1. The smallest absolute Gasteiger partial charge is 0.284 e. The van der Waals surface area contributed by atoms with E-state index in [-0.39, 0.29) is 11.6 Å². The minimum Gasteiger partial charge on any atom is -0.361 e. The molecule has 7 nitrogen and oxygen atoms in total. The first kappa shape index (κ1) is 18.0. The molecule has 2 aromatic carbocycles. The zero-order valence-corrected chi connectivity index (χ0v) is 15.1. The molecule has 0 aliphatic rings. The number of aromatic amines is 1. The fourth-order valence-electron chi connectivity index (χ4n) is 2.72. The second-order valence-electron chi connectivity index (χ2n) is 5.79. The molecule has 0 saturated carbocycles. The molecule has 8 heteroatoms. The Kier molecular flexibility index (Phi) is 5.24. The molecule has 0 saturated heterocycles. The second kappa shape index (κ2) is 7.59. The van der Waals surface area contributed by atoms with Crippen LogP contribution in [0, 0.1) is 17.0 Å². The lowest BCUT2D eigenvalue weighted by atomic mass is 10.0. The van der Waals surface area contributed by atoms with E-state index >= 15 is 0 Å². The zero-order valence-electron chi connectivity index (χ0n) is 14.3. The van der Waals surface area contributed by atoms with Crippen LogP contribution >= 0.6 is 11.9 Å². The number of nitrogens with one attached hydrogen (secondary N) is 3. The normalized spacial score (nSPS) is 12.1. The first-order valence-corrected chi connectivity index (χ1v) is 8.78. The summed E-state index contributed by atoms with van der Waals surface area (Å²) in [5.41, 5.74) is 2.83. The summed E-state index contributed by atoms with van der Waals surface area (Å²) in [6.45, 7) is 2.00. The van der Waals surface area contributed by atoms with Crippen molar-refractivity contribution in [2.75, 3.05) is 7.05 Å². The van der Waals surface area contributed by atoms with Gasteiger partial charge < -0.3 is 10.3 Å². The van der Waals surface area contributed by atoms with Gasteiger partial charge in [-0.15, -0.1) is 0 Å². The number of para-hydroxylation sites is 1. The molecule has 1 atom stereocenters. The number of hydrogen-bond acceptors (Lipinski definition) is 5. The van der Waals surface area contributed by atoms with Crippen LogP contribution in [-0.2, 0) is 4.79 Å². The number of rotatable bonds is 6. The number of nitro benzene ring substituents is 1. The molecule has 0 unspecified atom stereocenters. The summed E-state index contributed by atoms with van der Waals surface area (Å²) in [5, 5.41) is 14.7. The van der Waals surface area contributed by atoms with Crippen LogP contribution < -0.4 is 10.0 Å². The molecule has 1 heterocycles. The van der Waals surface area contributed by atoms with Gasteiger partial charge in [-0.2, -0.15) is 0 Å². The number of carbonyl (C=O) groups is 1. The maximum atomic E-state index is 12.4. The Morgan fingerprint density at radius 3 is 2.77 bits per heavy atom. The molecule has 1 aromatic heterocycles. The average Bonchev–Trinajstić information content (AvgIpc) is 3.04.